The van der Waals surface area contributed by atoms with Crippen LogP contribution in [0.5, 0.6) is 0 Å². The lowest BCUT2D eigenvalue weighted by Gasteiger charge is -2.43. The van der Waals surface area contributed by atoms with Gasteiger partial charge in [-0.25, -0.2) is 9.18 Å². The van der Waals surface area contributed by atoms with Crippen molar-refractivity contribution in [3.63, 3.8) is 0 Å². The molecule has 2 aromatic rings. The van der Waals surface area contributed by atoms with Crippen LogP contribution in [0.25, 0.3) is 0 Å². The molecule has 0 aromatic heterocycles. The molecule has 1 amide bonds. The molecule has 1 aliphatic carbocycles. The number of nitrogens with one attached hydrogen (secondary N) is 1. The highest BCUT2D eigenvalue weighted by Crippen LogP contribution is 2.41. The van der Waals surface area contributed by atoms with Gasteiger partial charge >= 0.3 is 6.09 Å². The Morgan fingerprint density at radius 3 is 2.46 bits per heavy atom. The standard InChI is InChI=1S/C21H23FN2O2/c22-21(13-23-19-11-18(19)17-9-5-2-6-10-17)14-24(15-21)20(25)26-12-16-7-3-1-4-8-16/h1-10,18-19,23H,11-15H2/t18-,19+/m0/s1. The van der Waals surface area contributed by atoms with E-state index < -0.39 is 11.8 Å². The van der Waals surface area contributed by atoms with E-state index in [1.54, 1.807) is 0 Å². The van der Waals surface area contributed by atoms with Crippen LogP contribution in [-0.4, -0.2) is 42.3 Å². The monoisotopic (exact) mass is 354 g/mol. The fraction of sp³-hybridized carbons (Fsp3) is 0.381. The summed E-state index contributed by atoms with van der Waals surface area (Å²) in [6.45, 7) is 0.685. The fourth-order valence-electron chi connectivity index (χ4n) is 3.49. The molecule has 1 saturated heterocycles. The van der Waals surface area contributed by atoms with Gasteiger partial charge in [-0.1, -0.05) is 60.7 Å². The topological polar surface area (TPSA) is 41.6 Å². The summed E-state index contributed by atoms with van der Waals surface area (Å²) in [5.74, 6) is 0.479. The molecular formula is C21H23FN2O2. The van der Waals surface area contributed by atoms with Gasteiger partial charge in [-0.15, -0.1) is 0 Å². The van der Waals surface area contributed by atoms with E-state index in [0.717, 1.165) is 12.0 Å². The molecule has 1 aliphatic heterocycles. The number of alkyl halides is 1. The van der Waals surface area contributed by atoms with Gasteiger partial charge in [0.2, 0.25) is 0 Å². The van der Waals surface area contributed by atoms with Crippen molar-refractivity contribution < 1.29 is 13.9 Å². The van der Waals surface area contributed by atoms with Crippen molar-refractivity contribution >= 4 is 6.09 Å². The quantitative estimate of drug-likeness (QED) is 0.863. The van der Waals surface area contributed by atoms with Crippen LogP contribution in [0.3, 0.4) is 0 Å². The molecule has 4 nitrogen and oxygen atoms in total. The highest BCUT2D eigenvalue weighted by molar-refractivity contribution is 5.69. The maximum absolute atomic E-state index is 14.7. The second-order valence-corrected chi connectivity index (χ2v) is 7.29. The van der Waals surface area contributed by atoms with Crippen LogP contribution in [0, 0.1) is 0 Å². The third kappa shape index (κ3) is 3.88. The van der Waals surface area contributed by atoms with Gasteiger partial charge in [-0.3, -0.25) is 0 Å². The molecule has 1 N–H and O–H groups in total. The number of hydrogen-bond donors (Lipinski definition) is 1. The summed E-state index contributed by atoms with van der Waals surface area (Å²) in [6, 6.07) is 20.1. The summed E-state index contributed by atoms with van der Waals surface area (Å²) in [4.78, 5) is 13.4. The Morgan fingerprint density at radius 2 is 1.77 bits per heavy atom. The summed E-state index contributed by atoms with van der Waals surface area (Å²) in [6.07, 6.45) is 0.596. The molecule has 2 fully saturated rings. The van der Waals surface area contributed by atoms with Gasteiger partial charge in [0.1, 0.15) is 6.61 Å². The van der Waals surface area contributed by atoms with Crippen LogP contribution in [0.15, 0.2) is 60.7 Å². The second kappa shape index (κ2) is 7.08. The van der Waals surface area contributed by atoms with Gasteiger partial charge in [0, 0.05) is 18.5 Å². The predicted octanol–water partition coefficient (Wildman–Crippen LogP) is 3.49. The van der Waals surface area contributed by atoms with Crippen LogP contribution in [0.2, 0.25) is 0 Å². The van der Waals surface area contributed by atoms with Gasteiger partial charge in [-0.05, 0) is 17.5 Å². The van der Waals surface area contributed by atoms with Crippen LogP contribution in [0.1, 0.15) is 23.5 Å². The highest BCUT2D eigenvalue weighted by atomic mass is 19.1. The number of hydrogen-bond acceptors (Lipinski definition) is 3. The SMILES string of the molecule is O=C(OCc1ccccc1)N1CC(F)(CN[C@@H]2C[C@H]2c2ccccc2)C1. The molecule has 0 radical (unpaired) electrons. The Balaban J connectivity index is 1.17. The second-order valence-electron chi connectivity index (χ2n) is 7.29. The highest BCUT2D eigenvalue weighted by Gasteiger charge is 2.48. The molecule has 0 spiro atoms. The molecular weight excluding hydrogens is 331 g/mol. The van der Waals surface area contributed by atoms with Gasteiger partial charge in [0.05, 0.1) is 13.1 Å². The molecule has 2 aliphatic rings. The van der Waals surface area contributed by atoms with Crippen molar-refractivity contribution in [2.24, 2.45) is 0 Å². The summed E-state index contributed by atoms with van der Waals surface area (Å²) in [5, 5.41) is 3.31. The average molecular weight is 354 g/mol. The number of halogens is 1. The van der Waals surface area contributed by atoms with E-state index in [-0.39, 0.29) is 26.2 Å². The number of nitrogens with zero attached hydrogens (tertiary/aromatic N) is 1. The Hall–Kier alpha value is -2.40. The van der Waals surface area contributed by atoms with Crippen molar-refractivity contribution in [2.45, 2.75) is 30.7 Å². The van der Waals surface area contributed by atoms with Crippen molar-refractivity contribution in [1.29, 1.82) is 0 Å². The number of likely N-dealkylation sites (tertiary alicyclic amines) is 1. The van der Waals surface area contributed by atoms with E-state index in [1.165, 1.54) is 10.5 Å². The predicted molar refractivity (Wildman–Crippen MR) is 97.6 cm³/mol. The van der Waals surface area contributed by atoms with Crippen LogP contribution >= 0.6 is 0 Å². The van der Waals surface area contributed by atoms with E-state index >= 15 is 0 Å². The number of amides is 1. The zero-order valence-electron chi connectivity index (χ0n) is 14.6. The average Bonchev–Trinajstić information content (AvgIpc) is 3.43. The molecule has 5 heteroatoms. The van der Waals surface area contributed by atoms with Gasteiger partial charge in [-0.2, -0.15) is 0 Å². The van der Waals surface area contributed by atoms with Crippen molar-refractivity contribution in [2.75, 3.05) is 19.6 Å². The third-order valence-corrected chi connectivity index (χ3v) is 5.11. The molecule has 1 heterocycles. The summed E-state index contributed by atoms with van der Waals surface area (Å²) in [7, 11) is 0. The molecule has 1 saturated carbocycles. The minimum atomic E-state index is -1.35. The maximum Gasteiger partial charge on any atom is 0.410 e. The molecule has 26 heavy (non-hydrogen) atoms. The number of rotatable bonds is 6. The van der Waals surface area contributed by atoms with Gasteiger partial charge < -0.3 is 15.0 Å². The number of benzene rings is 2. The normalized spacial score (nSPS) is 23.2. The Bertz CT molecular complexity index is 747. The van der Waals surface area contributed by atoms with Crippen LogP contribution < -0.4 is 5.32 Å². The zero-order valence-corrected chi connectivity index (χ0v) is 14.6. The van der Waals surface area contributed by atoms with Gasteiger partial charge in [0.25, 0.3) is 0 Å². The third-order valence-electron chi connectivity index (χ3n) is 5.11. The summed E-state index contributed by atoms with van der Waals surface area (Å²) in [5.41, 5.74) is 0.878. The first-order valence-corrected chi connectivity index (χ1v) is 9.06. The molecule has 0 unspecified atom stereocenters. The maximum atomic E-state index is 14.7. The molecule has 136 valence electrons. The van der Waals surface area contributed by atoms with E-state index in [4.69, 9.17) is 4.74 Å². The fourth-order valence-corrected chi connectivity index (χ4v) is 3.49. The number of carbonyl (C=O) groups excluding carboxylic acids is 1. The van der Waals surface area contributed by atoms with Gasteiger partial charge in [0.15, 0.2) is 5.67 Å². The van der Waals surface area contributed by atoms with E-state index in [0.29, 0.717) is 12.0 Å². The van der Waals surface area contributed by atoms with E-state index in [2.05, 4.69) is 17.4 Å². The number of ether oxygens (including phenoxy) is 1. The number of carbonyl (C=O) groups is 1. The Morgan fingerprint density at radius 1 is 1.12 bits per heavy atom. The Labute approximate surface area is 153 Å². The van der Waals surface area contributed by atoms with Crippen LogP contribution in [-0.2, 0) is 11.3 Å². The first kappa shape index (κ1) is 17.0. The summed E-state index contributed by atoms with van der Waals surface area (Å²) < 4.78 is 19.9. The largest absolute Gasteiger partial charge is 0.445 e. The minimum Gasteiger partial charge on any atom is -0.445 e. The van der Waals surface area contributed by atoms with Crippen molar-refractivity contribution in [3.05, 3.63) is 71.8 Å². The molecule has 4 rings (SSSR count). The Kier molecular flexibility index (Phi) is 4.64. The summed E-state index contributed by atoms with van der Waals surface area (Å²) >= 11 is 0. The lowest BCUT2D eigenvalue weighted by molar-refractivity contribution is -0.0299. The van der Waals surface area contributed by atoms with E-state index in [9.17, 15) is 9.18 Å². The minimum absolute atomic E-state index is 0.0936. The smallest absolute Gasteiger partial charge is 0.410 e. The lowest BCUT2D eigenvalue weighted by atomic mass is 9.97. The van der Waals surface area contributed by atoms with Crippen molar-refractivity contribution in [1.82, 2.24) is 10.2 Å². The van der Waals surface area contributed by atoms with E-state index in [1.807, 2.05) is 48.5 Å². The van der Waals surface area contributed by atoms with Crippen molar-refractivity contribution in [3.8, 4) is 0 Å². The van der Waals surface area contributed by atoms with Crippen LogP contribution in [0.4, 0.5) is 9.18 Å². The first-order chi connectivity index (χ1) is 12.6. The first-order valence-electron chi connectivity index (χ1n) is 9.06. The molecule has 0 bridgehead atoms. The molecule has 2 atom stereocenters. The zero-order chi connectivity index (χ0) is 18.0. The molecule has 2 aromatic carbocycles. The lowest BCUT2D eigenvalue weighted by Crippen LogP contribution is -2.64.